The molecule has 0 spiro atoms. The summed E-state index contributed by atoms with van der Waals surface area (Å²) in [5.74, 6) is 0.728. The van der Waals surface area contributed by atoms with Crippen LogP contribution in [0.15, 0.2) is 9.31 Å². The quantitative estimate of drug-likeness (QED) is 0.857. The molecule has 1 atom stereocenters. The summed E-state index contributed by atoms with van der Waals surface area (Å²) < 4.78 is 37.9. The first-order valence-electron chi connectivity index (χ1n) is 6.25. The van der Waals surface area contributed by atoms with E-state index in [4.69, 9.17) is 9.15 Å². The second-order valence-electron chi connectivity index (χ2n) is 4.72. The lowest BCUT2D eigenvalue weighted by atomic mass is 10.1. The molecule has 7 heteroatoms. The number of hydrogen-bond donors (Lipinski definition) is 2. The van der Waals surface area contributed by atoms with Crippen LogP contribution < -0.4 is 4.72 Å². The third-order valence-corrected chi connectivity index (χ3v) is 4.95. The number of aryl methyl sites for hydroxylation is 2. The van der Waals surface area contributed by atoms with E-state index in [1.165, 1.54) is 0 Å². The van der Waals surface area contributed by atoms with E-state index in [-0.39, 0.29) is 17.5 Å². The molecule has 6 nitrogen and oxygen atoms in total. The van der Waals surface area contributed by atoms with Crippen LogP contribution in [-0.2, 0) is 21.4 Å². The largest absolute Gasteiger partial charge is 0.465 e. The standard InChI is InChI=1S/C12H19NO5S/c1-8-11(6-14)12(9(2)18-8)19(15,16)13-10-4-3-5-17-7-10/h10,13-14H,3-7H2,1-2H3. The molecule has 1 saturated heterocycles. The first kappa shape index (κ1) is 14.5. The van der Waals surface area contributed by atoms with Crippen LogP contribution in [0.4, 0.5) is 0 Å². The lowest BCUT2D eigenvalue weighted by molar-refractivity contribution is 0.0774. The van der Waals surface area contributed by atoms with Gasteiger partial charge in [0.1, 0.15) is 16.4 Å². The van der Waals surface area contributed by atoms with Gasteiger partial charge in [-0.25, -0.2) is 13.1 Å². The second-order valence-corrected chi connectivity index (χ2v) is 6.37. The lowest BCUT2D eigenvalue weighted by Crippen LogP contribution is -2.40. The van der Waals surface area contributed by atoms with E-state index >= 15 is 0 Å². The fourth-order valence-electron chi connectivity index (χ4n) is 2.36. The molecule has 2 N–H and O–H groups in total. The summed E-state index contributed by atoms with van der Waals surface area (Å²) in [6.07, 6.45) is 1.59. The maximum Gasteiger partial charge on any atom is 0.244 e. The highest BCUT2D eigenvalue weighted by Crippen LogP contribution is 2.27. The van der Waals surface area contributed by atoms with Gasteiger partial charge >= 0.3 is 0 Å². The average Bonchev–Trinajstić information content (AvgIpc) is 2.64. The van der Waals surface area contributed by atoms with Gasteiger partial charge in [0.15, 0.2) is 0 Å². The molecule has 0 radical (unpaired) electrons. The summed E-state index contributed by atoms with van der Waals surface area (Å²) >= 11 is 0. The predicted octanol–water partition coefficient (Wildman–Crippen LogP) is 0.846. The van der Waals surface area contributed by atoms with Crippen molar-refractivity contribution in [3.8, 4) is 0 Å². The summed E-state index contributed by atoms with van der Waals surface area (Å²) in [6.45, 7) is 3.91. The third kappa shape index (κ3) is 3.00. The molecular weight excluding hydrogens is 270 g/mol. The minimum Gasteiger partial charge on any atom is -0.465 e. The smallest absolute Gasteiger partial charge is 0.244 e. The van der Waals surface area contributed by atoms with E-state index in [0.29, 0.717) is 30.3 Å². The molecule has 1 aliphatic heterocycles. The van der Waals surface area contributed by atoms with Crippen LogP contribution in [-0.4, -0.2) is 32.8 Å². The highest BCUT2D eigenvalue weighted by molar-refractivity contribution is 7.89. The van der Waals surface area contributed by atoms with Gasteiger partial charge in [0.05, 0.1) is 13.2 Å². The van der Waals surface area contributed by atoms with Crippen molar-refractivity contribution < 1.29 is 22.7 Å². The maximum atomic E-state index is 12.4. The lowest BCUT2D eigenvalue weighted by Gasteiger charge is -2.23. The van der Waals surface area contributed by atoms with Crippen LogP contribution >= 0.6 is 0 Å². The highest BCUT2D eigenvalue weighted by atomic mass is 32.2. The van der Waals surface area contributed by atoms with E-state index in [1.807, 2.05) is 0 Å². The number of aliphatic hydroxyl groups excluding tert-OH is 1. The monoisotopic (exact) mass is 289 g/mol. The Balaban J connectivity index is 2.28. The van der Waals surface area contributed by atoms with E-state index in [9.17, 15) is 13.5 Å². The Morgan fingerprint density at radius 3 is 2.68 bits per heavy atom. The molecule has 0 aliphatic carbocycles. The second kappa shape index (κ2) is 5.62. The number of furan rings is 1. The van der Waals surface area contributed by atoms with Gasteiger partial charge in [0, 0.05) is 18.2 Å². The first-order chi connectivity index (χ1) is 8.95. The Bertz CT molecular complexity index is 543. The van der Waals surface area contributed by atoms with E-state index in [2.05, 4.69) is 4.72 Å². The molecule has 1 fully saturated rings. The summed E-state index contributed by atoms with van der Waals surface area (Å²) in [7, 11) is -3.70. The molecule has 0 amide bonds. The fraction of sp³-hybridized carbons (Fsp3) is 0.667. The highest BCUT2D eigenvalue weighted by Gasteiger charge is 2.29. The van der Waals surface area contributed by atoms with Crippen LogP contribution in [0.5, 0.6) is 0 Å². The summed E-state index contributed by atoms with van der Waals surface area (Å²) in [6, 6.07) is -0.222. The van der Waals surface area contributed by atoms with Gasteiger partial charge in [-0.05, 0) is 26.7 Å². The van der Waals surface area contributed by atoms with Gasteiger partial charge in [-0.3, -0.25) is 0 Å². The topological polar surface area (TPSA) is 88.8 Å². The summed E-state index contributed by atoms with van der Waals surface area (Å²) in [5, 5.41) is 9.30. The number of sulfonamides is 1. The van der Waals surface area contributed by atoms with Crippen LogP contribution in [0.2, 0.25) is 0 Å². The molecule has 1 aromatic rings. The third-order valence-electron chi connectivity index (χ3n) is 3.23. The number of aliphatic hydroxyl groups is 1. The van der Waals surface area contributed by atoms with Crippen LogP contribution in [0.25, 0.3) is 0 Å². The molecule has 0 saturated carbocycles. The Kier molecular flexibility index (Phi) is 4.29. The minimum atomic E-state index is -3.70. The number of rotatable bonds is 4. The molecule has 1 aliphatic rings. The average molecular weight is 289 g/mol. The number of hydrogen-bond acceptors (Lipinski definition) is 5. The molecule has 108 valence electrons. The van der Waals surface area contributed by atoms with Crippen molar-refractivity contribution in [1.82, 2.24) is 4.72 Å². The van der Waals surface area contributed by atoms with Crippen molar-refractivity contribution in [2.75, 3.05) is 13.2 Å². The van der Waals surface area contributed by atoms with Crippen LogP contribution in [0.1, 0.15) is 29.9 Å². The van der Waals surface area contributed by atoms with Gasteiger partial charge in [0.2, 0.25) is 10.0 Å². The van der Waals surface area contributed by atoms with E-state index in [0.717, 1.165) is 12.8 Å². The zero-order chi connectivity index (χ0) is 14.0. The van der Waals surface area contributed by atoms with Gasteiger partial charge in [-0.1, -0.05) is 0 Å². The van der Waals surface area contributed by atoms with E-state index in [1.54, 1.807) is 13.8 Å². The maximum absolute atomic E-state index is 12.4. The number of ether oxygens (including phenoxy) is 1. The van der Waals surface area contributed by atoms with Crippen molar-refractivity contribution in [2.45, 2.75) is 44.2 Å². The van der Waals surface area contributed by atoms with Gasteiger partial charge in [-0.15, -0.1) is 0 Å². The van der Waals surface area contributed by atoms with Crippen molar-refractivity contribution >= 4 is 10.0 Å². The minimum absolute atomic E-state index is 0.0538. The molecule has 0 bridgehead atoms. The summed E-state index contributed by atoms with van der Waals surface area (Å²) in [5.41, 5.74) is 0.321. The fourth-order valence-corrected chi connectivity index (χ4v) is 4.05. The Morgan fingerprint density at radius 2 is 2.11 bits per heavy atom. The van der Waals surface area contributed by atoms with Crippen molar-refractivity contribution in [3.63, 3.8) is 0 Å². The van der Waals surface area contributed by atoms with Crippen molar-refractivity contribution in [2.24, 2.45) is 0 Å². The SMILES string of the molecule is Cc1oc(C)c(S(=O)(=O)NC2CCCOC2)c1CO. The van der Waals surface area contributed by atoms with E-state index < -0.39 is 10.0 Å². The van der Waals surface area contributed by atoms with Crippen LogP contribution in [0.3, 0.4) is 0 Å². The molecule has 19 heavy (non-hydrogen) atoms. The Labute approximate surface area is 112 Å². The number of nitrogens with one attached hydrogen (secondary N) is 1. The van der Waals surface area contributed by atoms with Gasteiger partial charge in [0.25, 0.3) is 0 Å². The Morgan fingerprint density at radius 1 is 1.37 bits per heavy atom. The Hall–Kier alpha value is -0.890. The van der Waals surface area contributed by atoms with Crippen LogP contribution in [0, 0.1) is 13.8 Å². The molecule has 0 aromatic carbocycles. The molecule has 2 heterocycles. The summed E-state index contributed by atoms with van der Waals surface area (Å²) in [4.78, 5) is 0.0538. The molecule has 1 unspecified atom stereocenters. The molecule has 2 rings (SSSR count). The molecule has 1 aromatic heterocycles. The molecular formula is C12H19NO5S. The van der Waals surface area contributed by atoms with Crippen molar-refractivity contribution in [1.29, 1.82) is 0 Å². The zero-order valence-corrected chi connectivity index (χ0v) is 11.9. The normalized spacial score (nSPS) is 20.7. The first-order valence-corrected chi connectivity index (χ1v) is 7.74. The predicted molar refractivity (Wildman–Crippen MR) is 68.3 cm³/mol. The zero-order valence-electron chi connectivity index (χ0n) is 11.1. The van der Waals surface area contributed by atoms with Gasteiger partial charge in [-0.2, -0.15) is 0 Å². The van der Waals surface area contributed by atoms with Crippen molar-refractivity contribution in [3.05, 3.63) is 17.1 Å². The van der Waals surface area contributed by atoms with Gasteiger partial charge < -0.3 is 14.3 Å².